The third-order valence-electron chi connectivity index (χ3n) is 1.56. The molecule has 0 aliphatic rings. The Bertz CT molecular complexity index is 443. The van der Waals surface area contributed by atoms with Crippen LogP contribution in [0.1, 0.15) is 0 Å². The van der Waals surface area contributed by atoms with Crippen molar-refractivity contribution in [3.63, 3.8) is 0 Å². The summed E-state index contributed by atoms with van der Waals surface area (Å²) in [6, 6.07) is 9.37. The van der Waals surface area contributed by atoms with E-state index < -0.39 is 0 Å². The van der Waals surface area contributed by atoms with Crippen molar-refractivity contribution in [2.45, 2.75) is 0 Å². The Morgan fingerprint density at radius 2 is 1.80 bits per heavy atom. The van der Waals surface area contributed by atoms with Crippen molar-refractivity contribution >= 4 is 21.9 Å². The largest absolute Gasteiger partial charge is 0.424 e. The zero-order chi connectivity index (χ0) is 10.7. The van der Waals surface area contributed by atoms with Crippen molar-refractivity contribution < 1.29 is 4.74 Å². The minimum atomic E-state index is 0.114. The van der Waals surface area contributed by atoms with E-state index >= 15 is 0 Å². The number of hydrogen-bond acceptors (Lipinski definition) is 5. The minimum Gasteiger partial charge on any atom is -0.424 e. The third-order valence-corrected chi connectivity index (χ3v) is 1.91. The number of nitrogens with zero attached hydrogens (tertiary/aromatic N) is 3. The number of anilines is 1. The Labute approximate surface area is 94.5 Å². The summed E-state index contributed by atoms with van der Waals surface area (Å²) in [6.45, 7) is 0. The van der Waals surface area contributed by atoms with Crippen molar-refractivity contribution in [1.29, 1.82) is 0 Å². The zero-order valence-electron chi connectivity index (χ0n) is 7.59. The van der Waals surface area contributed by atoms with Crippen LogP contribution in [0.25, 0.3) is 0 Å². The molecule has 0 saturated heterocycles. The first kappa shape index (κ1) is 9.85. The fourth-order valence-corrected chi connectivity index (χ4v) is 1.32. The number of nitrogens with two attached hydrogens (primary N) is 1. The summed E-state index contributed by atoms with van der Waals surface area (Å²) < 4.78 is 5.72. The summed E-state index contributed by atoms with van der Waals surface area (Å²) in [6.07, 6.45) is 0. The molecule has 0 saturated carbocycles. The number of aromatic nitrogens is 3. The highest BCUT2D eigenvalue weighted by Crippen LogP contribution is 2.18. The van der Waals surface area contributed by atoms with Crippen molar-refractivity contribution in [3.05, 3.63) is 35.1 Å². The SMILES string of the molecule is Nc1nc(Br)nc(Oc2ccccc2)n1. The van der Waals surface area contributed by atoms with Gasteiger partial charge in [0.2, 0.25) is 10.7 Å². The summed E-state index contributed by atoms with van der Waals surface area (Å²) in [5.74, 6) is 0.762. The molecule has 1 aromatic heterocycles. The van der Waals surface area contributed by atoms with Crippen LogP contribution >= 0.6 is 15.9 Å². The Kier molecular flexibility index (Phi) is 2.77. The van der Waals surface area contributed by atoms with Gasteiger partial charge in [-0.25, -0.2) is 0 Å². The van der Waals surface area contributed by atoms with Gasteiger partial charge in [0.05, 0.1) is 0 Å². The lowest BCUT2D eigenvalue weighted by Gasteiger charge is -2.03. The number of rotatable bonds is 2. The summed E-state index contributed by atoms with van der Waals surface area (Å²) in [5, 5.41) is 0. The molecule has 0 atom stereocenters. The van der Waals surface area contributed by atoms with Gasteiger partial charge in [0.1, 0.15) is 5.75 Å². The average Bonchev–Trinajstić information content (AvgIpc) is 2.17. The predicted molar refractivity (Wildman–Crippen MR) is 58.5 cm³/mol. The van der Waals surface area contributed by atoms with E-state index in [4.69, 9.17) is 10.5 Å². The number of ether oxygens (including phenoxy) is 1. The highest BCUT2D eigenvalue weighted by molar-refractivity contribution is 9.10. The molecule has 2 rings (SSSR count). The van der Waals surface area contributed by atoms with Crippen LogP contribution in [0, 0.1) is 0 Å². The van der Waals surface area contributed by atoms with E-state index in [0.717, 1.165) is 0 Å². The fourth-order valence-electron chi connectivity index (χ4n) is 0.986. The van der Waals surface area contributed by atoms with E-state index in [1.165, 1.54) is 0 Å². The molecule has 0 fully saturated rings. The maximum atomic E-state index is 5.44. The second-order valence-electron chi connectivity index (χ2n) is 2.66. The highest BCUT2D eigenvalue weighted by Gasteiger charge is 2.03. The average molecular weight is 267 g/mol. The molecule has 0 bridgehead atoms. The maximum Gasteiger partial charge on any atom is 0.327 e. The molecule has 0 unspecified atom stereocenters. The Morgan fingerprint density at radius 3 is 2.47 bits per heavy atom. The van der Waals surface area contributed by atoms with Gasteiger partial charge >= 0.3 is 6.01 Å². The Morgan fingerprint density at radius 1 is 1.07 bits per heavy atom. The van der Waals surface area contributed by atoms with Crippen molar-refractivity contribution in [2.75, 3.05) is 5.73 Å². The minimum absolute atomic E-state index is 0.114. The molecule has 1 heterocycles. The lowest BCUT2D eigenvalue weighted by atomic mass is 10.3. The molecule has 76 valence electrons. The van der Waals surface area contributed by atoms with E-state index in [2.05, 4.69) is 30.9 Å². The van der Waals surface area contributed by atoms with Gasteiger partial charge < -0.3 is 10.5 Å². The topological polar surface area (TPSA) is 73.9 Å². The van der Waals surface area contributed by atoms with Crippen LogP contribution in [-0.4, -0.2) is 15.0 Å². The molecule has 0 radical (unpaired) electrons. The van der Waals surface area contributed by atoms with Crippen LogP contribution < -0.4 is 10.5 Å². The molecule has 0 aliphatic heterocycles. The smallest absolute Gasteiger partial charge is 0.327 e. The summed E-state index contributed by atoms with van der Waals surface area (Å²) >= 11 is 3.10. The molecular formula is C9H7BrN4O. The quantitative estimate of drug-likeness (QED) is 0.900. The van der Waals surface area contributed by atoms with Gasteiger partial charge in [0.15, 0.2) is 0 Å². The lowest BCUT2D eigenvalue weighted by Crippen LogP contribution is -2.00. The molecule has 2 N–H and O–H groups in total. The summed E-state index contributed by atoms with van der Waals surface area (Å²) in [7, 11) is 0. The van der Waals surface area contributed by atoms with Crippen LogP contribution in [0.3, 0.4) is 0 Å². The molecule has 15 heavy (non-hydrogen) atoms. The van der Waals surface area contributed by atoms with Gasteiger partial charge in [-0.15, -0.1) is 0 Å². The zero-order valence-corrected chi connectivity index (χ0v) is 9.18. The molecule has 6 heteroatoms. The number of benzene rings is 1. The molecular weight excluding hydrogens is 260 g/mol. The normalized spacial score (nSPS) is 9.93. The van der Waals surface area contributed by atoms with Crippen LogP contribution in [0.4, 0.5) is 5.95 Å². The van der Waals surface area contributed by atoms with Gasteiger partial charge in [-0.3, -0.25) is 0 Å². The Balaban J connectivity index is 2.25. The van der Waals surface area contributed by atoms with E-state index in [0.29, 0.717) is 10.5 Å². The summed E-state index contributed by atoms with van der Waals surface area (Å²) in [4.78, 5) is 11.5. The maximum absolute atomic E-state index is 5.44. The first-order valence-corrected chi connectivity index (χ1v) is 4.93. The fraction of sp³-hybridized carbons (Fsp3) is 0. The molecule has 5 nitrogen and oxygen atoms in total. The first-order valence-electron chi connectivity index (χ1n) is 4.14. The molecule has 0 spiro atoms. The molecule has 0 amide bonds. The molecule has 1 aromatic carbocycles. The monoisotopic (exact) mass is 266 g/mol. The standard InChI is InChI=1S/C9H7BrN4O/c10-7-12-8(11)14-9(13-7)15-6-4-2-1-3-5-6/h1-5H,(H2,11,12,13,14). The van der Waals surface area contributed by atoms with E-state index in [9.17, 15) is 0 Å². The van der Waals surface area contributed by atoms with Crippen LogP contribution in [0.2, 0.25) is 0 Å². The van der Waals surface area contributed by atoms with Crippen LogP contribution in [-0.2, 0) is 0 Å². The second-order valence-corrected chi connectivity index (χ2v) is 3.37. The third kappa shape index (κ3) is 2.63. The second kappa shape index (κ2) is 4.22. The van der Waals surface area contributed by atoms with E-state index in [1.807, 2.05) is 18.2 Å². The predicted octanol–water partition coefficient (Wildman–Crippen LogP) is 2.01. The number of hydrogen-bond donors (Lipinski definition) is 1. The van der Waals surface area contributed by atoms with Gasteiger partial charge in [0, 0.05) is 0 Å². The number of para-hydroxylation sites is 1. The van der Waals surface area contributed by atoms with Crippen molar-refractivity contribution in [1.82, 2.24) is 15.0 Å². The molecule has 2 aromatic rings. The molecule has 0 aliphatic carbocycles. The van der Waals surface area contributed by atoms with Crippen LogP contribution in [0.15, 0.2) is 35.1 Å². The van der Waals surface area contributed by atoms with E-state index in [1.54, 1.807) is 12.1 Å². The number of nitrogen functional groups attached to an aromatic ring is 1. The lowest BCUT2D eigenvalue weighted by molar-refractivity contribution is 0.439. The highest BCUT2D eigenvalue weighted by atomic mass is 79.9. The Hall–Kier alpha value is -1.69. The summed E-state index contributed by atoms with van der Waals surface area (Å²) in [5.41, 5.74) is 5.44. The van der Waals surface area contributed by atoms with Gasteiger partial charge in [-0.2, -0.15) is 15.0 Å². The van der Waals surface area contributed by atoms with E-state index in [-0.39, 0.29) is 12.0 Å². The number of halogens is 1. The van der Waals surface area contributed by atoms with Gasteiger partial charge in [-0.05, 0) is 28.1 Å². The van der Waals surface area contributed by atoms with Gasteiger partial charge in [-0.1, -0.05) is 18.2 Å². The van der Waals surface area contributed by atoms with Crippen LogP contribution in [0.5, 0.6) is 11.8 Å². The van der Waals surface area contributed by atoms with Crippen molar-refractivity contribution in [2.24, 2.45) is 0 Å². The van der Waals surface area contributed by atoms with Crippen molar-refractivity contribution in [3.8, 4) is 11.8 Å². The first-order chi connectivity index (χ1) is 7.24. The van der Waals surface area contributed by atoms with Gasteiger partial charge in [0.25, 0.3) is 0 Å².